The van der Waals surface area contributed by atoms with E-state index in [1.807, 2.05) is 19.1 Å². The van der Waals surface area contributed by atoms with Gasteiger partial charge in [0, 0.05) is 12.5 Å². The maximum atomic E-state index is 14.0. The summed E-state index contributed by atoms with van der Waals surface area (Å²) in [5, 5.41) is 2.73. The second-order valence-electron chi connectivity index (χ2n) is 7.82. The number of nitrogens with one attached hydrogen (secondary N) is 1. The van der Waals surface area contributed by atoms with E-state index in [0.717, 1.165) is 6.42 Å². The lowest BCUT2D eigenvalue weighted by atomic mass is 9.93. The minimum atomic E-state index is -0.680. The largest absolute Gasteiger partial charge is 0.489 e. The highest BCUT2D eigenvalue weighted by molar-refractivity contribution is 5.85. The van der Waals surface area contributed by atoms with Crippen LogP contribution in [-0.2, 0) is 21.6 Å². The lowest BCUT2D eigenvalue weighted by molar-refractivity contribution is -0.122. The van der Waals surface area contributed by atoms with Gasteiger partial charge in [0.05, 0.1) is 25.3 Å². The first-order chi connectivity index (χ1) is 15.4. The van der Waals surface area contributed by atoms with Gasteiger partial charge >= 0.3 is 0 Å². The summed E-state index contributed by atoms with van der Waals surface area (Å²) in [6.45, 7) is 4.22. The molecule has 0 radical (unpaired) electrons. The van der Waals surface area contributed by atoms with Crippen molar-refractivity contribution >= 4 is 5.91 Å². The van der Waals surface area contributed by atoms with Gasteiger partial charge in [0.25, 0.3) is 0 Å². The minimum Gasteiger partial charge on any atom is -0.489 e. The summed E-state index contributed by atoms with van der Waals surface area (Å²) >= 11 is 0. The number of hydrogen-bond donors (Lipinski definition) is 2. The Bertz CT molecular complexity index is 1020. The molecule has 1 heterocycles. The Balaban J connectivity index is 1.81. The fourth-order valence-corrected chi connectivity index (χ4v) is 3.66. The van der Waals surface area contributed by atoms with E-state index in [1.54, 1.807) is 38.4 Å². The van der Waals surface area contributed by atoms with Crippen LogP contribution in [-0.4, -0.2) is 29.6 Å². The zero-order valence-corrected chi connectivity index (χ0v) is 18.6. The molecule has 7 nitrogen and oxygen atoms in total. The summed E-state index contributed by atoms with van der Waals surface area (Å²) in [7, 11) is 1.57. The van der Waals surface area contributed by atoms with Crippen molar-refractivity contribution in [3.8, 4) is 5.75 Å². The Kier molecular flexibility index (Phi) is 7.58. The SMILES string of the molecule is CC/C=C\C=C(/N)NC(=O)[C@@H]1C[C@@]1(COc1cnc(C)nc1COC)c1cccc(F)c1. The van der Waals surface area contributed by atoms with Gasteiger partial charge < -0.3 is 20.5 Å². The van der Waals surface area contributed by atoms with E-state index in [4.69, 9.17) is 15.2 Å². The Morgan fingerprint density at radius 3 is 2.97 bits per heavy atom. The van der Waals surface area contributed by atoms with E-state index in [-0.39, 0.29) is 30.8 Å². The summed E-state index contributed by atoms with van der Waals surface area (Å²) in [5.41, 5.74) is 6.56. The number of carbonyl (C=O) groups is 1. The van der Waals surface area contributed by atoms with Gasteiger partial charge in [-0.05, 0) is 43.5 Å². The van der Waals surface area contributed by atoms with E-state index < -0.39 is 11.3 Å². The van der Waals surface area contributed by atoms with Crippen LogP contribution in [0.15, 0.2) is 54.5 Å². The van der Waals surface area contributed by atoms with Crippen LogP contribution in [0.1, 0.15) is 36.8 Å². The third-order valence-electron chi connectivity index (χ3n) is 5.42. The number of benzene rings is 1. The quantitative estimate of drug-likeness (QED) is 0.550. The number of hydrogen-bond acceptors (Lipinski definition) is 6. The number of halogens is 1. The molecule has 0 aliphatic heterocycles. The predicted molar refractivity (Wildman–Crippen MR) is 119 cm³/mol. The molecule has 1 aliphatic rings. The van der Waals surface area contributed by atoms with Gasteiger partial charge in [-0.25, -0.2) is 14.4 Å². The first-order valence-corrected chi connectivity index (χ1v) is 10.5. The molecule has 0 spiro atoms. The molecular weight excluding hydrogens is 411 g/mol. The molecule has 170 valence electrons. The molecule has 8 heteroatoms. The van der Waals surface area contributed by atoms with E-state index in [1.165, 1.54) is 12.1 Å². The maximum absolute atomic E-state index is 14.0. The molecule has 1 saturated carbocycles. The molecule has 32 heavy (non-hydrogen) atoms. The predicted octanol–water partition coefficient (Wildman–Crippen LogP) is 3.29. The number of aryl methyl sites for hydroxylation is 1. The molecular formula is C24H29FN4O3. The van der Waals surface area contributed by atoms with E-state index in [0.29, 0.717) is 29.3 Å². The average Bonchev–Trinajstić information content (AvgIpc) is 3.50. The van der Waals surface area contributed by atoms with Gasteiger partial charge in [-0.2, -0.15) is 0 Å². The first kappa shape index (κ1) is 23.4. The van der Waals surface area contributed by atoms with Crippen LogP contribution in [0.3, 0.4) is 0 Å². The van der Waals surface area contributed by atoms with Crippen LogP contribution < -0.4 is 15.8 Å². The summed E-state index contributed by atoms with van der Waals surface area (Å²) in [6, 6.07) is 6.27. The standard InChI is InChI=1S/C24H29FN4O3/c1-4-5-6-10-22(26)29-23(30)19-12-24(19,17-8-7-9-18(25)11-17)15-32-21-13-27-16(2)28-20(21)14-31-3/h5-11,13,19H,4,12,14-15,26H2,1-3H3,(H,29,30)/b6-5-,22-10+/t19-,24+/m0/s1. The number of carbonyl (C=O) groups excluding carboxylic acids is 1. The second-order valence-corrected chi connectivity index (χ2v) is 7.82. The van der Waals surface area contributed by atoms with Crippen molar-refractivity contribution in [1.29, 1.82) is 0 Å². The maximum Gasteiger partial charge on any atom is 0.229 e. The second kappa shape index (κ2) is 10.4. The van der Waals surface area contributed by atoms with Gasteiger partial charge in [-0.15, -0.1) is 0 Å². The van der Waals surface area contributed by atoms with Crippen LogP contribution in [0.2, 0.25) is 0 Å². The number of amides is 1. The van der Waals surface area contributed by atoms with Gasteiger partial charge in [0.1, 0.15) is 23.2 Å². The van der Waals surface area contributed by atoms with E-state index in [2.05, 4.69) is 15.3 Å². The monoisotopic (exact) mass is 440 g/mol. The molecule has 2 atom stereocenters. The molecule has 1 aromatic carbocycles. The molecule has 3 rings (SSSR count). The highest BCUT2D eigenvalue weighted by Crippen LogP contribution is 2.54. The van der Waals surface area contributed by atoms with Crippen molar-refractivity contribution < 1.29 is 18.7 Å². The van der Waals surface area contributed by atoms with Gasteiger partial charge in [0.2, 0.25) is 5.91 Å². The summed E-state index contributed by atoms with van der Waals surface area (Å²) < 4.78 is 25.3. The Morgan fingerprint density at radius 1 is 1.44 bits per heavy atom. The third-order valence-corrected chi connectivity index (χ3v) is 5.42. The molecule has 1 aromatic heterocycles. The van der Waals surface area contributed by atoms with Gasteiger partial charge in [-0.1, -0.05) is 31.2 Å². The van der Waals surface area contributed by atoms with Crippen LogP contribution in [0.5, 0.6) is 5.75 Å². The van der Waals surface area contributed by atoms with Crippen LogP contribution in [0.4, 0.5) is 4.39 Å². The normalized spacial score (nSPS) is 20.4. The van der Waals surface area contributed by atoms with Crippen molar-refractivity contribution in [1.82, 2.24) is 15.3 Å². The molecule has 0 bridgehead atoms. The molecule has 1 fully saturated rings. The van der Waals surface area contributed by atoms with E-state index >= 15 is 0 Å². The fourth-order valence-electron chi connectivity index (χ4n) is 3.66. The van der Waals surface area contributed by atoms with Crippen molar-refractivity contribution in [3.63, 3.8) is 0 Å². The number of rotatable bonds is 10. The Morgan fingerprint density at radius 2 is 2.25 bits per heavy atom. The van der Waals surface area contributed by atoms with Crippen LogP contribution >= 0.6 is 0 Å². The smallest absolute Gasteiger partial charge is 0.229 e. The third kappa shape index (κ3) is 5.50. The molecule has 2 aromatic rings. The van der Waals surface area contributed by atoms with Crippen molar-refractivity contribution in [2.75, 3.05) is 13.7 Å². The van der Waals surface area contributed by atoms with E-state index in [9.17, 15) is 9.18 Å². The van der Waals surface area contributed by atoms with Crippen LogP contribution in [0, 0.1) is 18.7 Å². The Labute approximate surface area is 187 Å². The molecule has 0 saturated heterocycles. The number of nitrogens with zero attached hydrogens (tertiary/aromatic N) is 2. The van der Waals surface area contributed by atoms with Gasteiger partial charge in [0.15, 0.2) is 5.75 Å². The number of methoxy groups -OCH3 is 1. The molecule has 0 unspecified atom stereocenters. The van der Waals surface area contributed by atoms with Crippen LogP contribution in [0.25, 0.3) is 0 Å². The lowest BCUT2D eigenvalue weighted by Gasteiger charge is -2.20. The van der Waals surface area contributed by atoms with Crippen molar-refractivity contribution in [3.05, 3.63) is 77.4 Å². The van der Waals surface area contributed by atoms with Crippen molar-refractivity contribution in [2.24, 2.45) is 11.7 Å². The summed E-state index contributed by atoms with van der Waals surface area (Å²) in [5.74, 6) is 0.332. The zero-order chi connectivity index (χ0) is 23.1. The fraction of sp³-hybridized carbons (Fsp3) is 0.375. The number of allylic oxidation sites excluding steroid dienone is 3. The molecule has 3 N–H and O–H groups in total. The lowest BCUT2D eigenvalue weighted by Crippen LogP contribution is -2.33. The number of ether oxygens (including phenoxy) is 2. The topological polar surface area (TPSA) is 99.4 Å². The zero-order valence-electron chi connectivity index (χ0n) is 18.6. The molecule has 1 aliphatic carbocycles. The highest BCUT2D eigenvalue weighted by Gasteiger charge is 2.60. The highest BCUT2D eigenvalue weighted by atomic mass is 19.1. The summed E-state index contributed by atoms with van der Waals surface area (Å²) in [6.07, 6.45) is 8.34. The average molecular weight is 441 g/mol. The first-order valence-electron chi connectivity index (χ1n) is 10.5. The number of nitrogens with two attached hydrogens (primary N) is 1. The molecule has 1 amide bonds. The minimum absolute atomic E-state index is 0.164. The van der Waals surface area contributed by atoms with Crippen molar-refractivity contribution in [2.45, 2.75) is 38.7 Å². The number of aromatic nitrogens is 2. The Hall–Kier alpha value is -3.26. The van der Waals surface area contributed by atoms with Gasteiger partial charge in [-0.3, -0.25) is 4.79 Å². The summed E-state index contributed by atoms with van der Waals surface area (Å²) in [4.78, 5) is 21.5.